The van der Waals surface area contributed by atoms with Crippen molar-refractivity contribution in [3.05, 3.63) is 57.3 Å². The van der Waals surface area contributed by atoms with Crippen LogP contribution < -0.4 is 5.32 Å². The third kappa shape index (κ3) is 3.16. The van der Waals surface area contributed by atoms with Crippen molar-refractivity contribution in [3.8, 4) is 6.07 Å². The van der Waals surface area contributed by atoms with E-state index in [0.717, 1.165) is 18.7 Å². The van der Waals surface area contributed by atoms with E-state index in [1.807, 2.05) is 11.4 Å². The van der Waals surface area contributed by atoms with E-state index in [-0.39, 0.29) is 0 Å². The zero-order valence-electron chi connectivity index (χ0n) is 9.73. The molecule has 0 amide bonds. The van der Waals surface area contributed by atoms with E-state index in [9.17, 15) is 0 Å². The van der Waals surface area contributed by atoms with Crippen molar-refractivity contribution in [1.29, 1.82) is 5.26 Å². The smallest absolute Gasteiger partial charge is 0.100 e. The van der Waals surface area contributed by atoms with Crippen molar-refractivity contribution >= 4 is 11.3 Å². The first-order valence-corrected chi connectivity index (χ1v) is 6.40. The fourth-order valence-corrected chi connectivity index (χ4v) is 2.44. The maximum atomic E-state index is 8.73. The Kier molecular flexibility index (Phi) is 3.92. The Bertz CT molecular complexity index is 537. The molecule has 0 saturated carbocycles. The standard InChI is InChI=1S/C14H14N2S/c1-11-4-2-3-5-13(11)8-16-9-14-6-12(7-15)10-17-14/h2-6,10,16H,8-9H2,1H3. The van der Waals surface area contributed by atoms with Gasteiger partial charge < -0.3 is 5.32 Å². The highest BCUT2D eigenvalue weighted by atomic mass is 32.1. The van der Waals surface area contributed by atoms with Crippen LogP contribution >= 0.6 is 11.3 Å². The highest BCUT2D eigenvalue weighted by molar-refractivity contribution is 7.10. The first kappa shape index (κ1) is 11.8. The summed E-state index contributed by atoms with van der Waals surface area (Å²) in [5.74, 6) is 0. The molecule has 0 saturated heterocycles. The van der Waals surface area contributed by atoms with Gasteiger partial charge in [0.25, 0.3) is 0 Å². The van der Waals surface area contributed by atoms with Gasteiger partial charge in [0.2, 0.25) is 0 Å². The molecule has 0 aliphatic heterocycles. The minimum atomic E-state index is 0.752. The van der Waals surface area contributed by atoms with Gasteiger partial charge in [0.15, 0.2) is 0 Å². The molecule has 0 radical (unpaired) electrons. The van der Waals surface area contributed by atoms with Crippen LogP contribution in [0.4, 0.5) is 0 Å². The normalized spacial score (nSPS) is 10.1. The minimum absolute atomic E-state index is 0.752. The molecule has 2 rings (SSSR count). The van der Waals surface area contributed by atoms with Crippen LogP contribution in [0.25, 0.3) is 0 Å². The quantitative estimate of drug-likeness (QED) is 0.893. The average molecular weight is 242 g/mol. The first-order valence-electron chi connectivity index (χ1n) is 5.52. The Morgan fingerprint density at radius 3 is 2.82 bits per heavy atom. The molecule has 0 atom stereocenters. The van der Waals surface area contributed by atoms with Crippen LogP contribution in [-0.4, -0.2) is 0 Å². The zero-order chi connectivity index (χ0) is 12.1. The van der Waals surface area contributed by atoms with Crippen LogP contribution in [0.15, 0.2) is 35.7 Å². The van der Waals surface area contributed by atoms with Gasteiger partial charge >= 0.3 is 0 Å². The largest absolute Gasteiger partial charge is 0.308 e. The van der Waals surface area contributed by atoms with Crippen LogP contribution in [0.2, 0.25) is 0 Å². The second-order valence-electron chi connectivity index (χ2n) is 3.94. The second-order valence-corrected chi connectivity index (χ2v) is 4.94. The Hall–Kier alpha value is -1.63. The lowest BCUT2D eigenvalue weighted by Gasteiger charge is -2.06. The molecule has 86 valence electrons. The van der Waals surface area contributed by atoms with Gasteiger partial charge in [-0.05, 0) is 24.1 Å². The predicted octanol–water partition coefficient (Wildman–Crippen LogP) is 3.22. The third-order valence-corrected chi connectivity index (χ3v) is 3.60. The predicted molar refractivity (Wildman–Crippen MR) is 70.8 cm³/mol. The summed E-state index contributed by atoms with van der Waals surface area (Å²) >= 11 is 1.63. The number of rotatable bonds is 4. The number of thiophene rings is 1. The van der Waals surface area contributed by atoms with Crippen LogP contribution in [-0.2, 0) is 13.1 Å². The highest BCUT2D eigenvalue weighted by Gasteiger charge is 2.00. The molecule has 1 aromatic heterocycles. The first-order chi connectivity index (χ1) is 8.29. The molecule has 0 aliphatic carbocycles. The molecule has 1 heterocycles. The molecule has 3 heteroatoms. The van der Waals surface area contributed by atoms with Crippen molar-refractivity contribution in [3.63, 3.8) is 0 Å². The molecule has 1 aromatic carbocycles. The minimum Gasteiger partial charge on any atom is -0.308 e. The zero-order valence-corrected chi connectivity index (χ0v) is 10.6. The van der Waals surface area contributed by atoms with E-state index in [1.54, 1.807) is 11.3 Å². The summed E-state index contributed by atoms with van der Waals surface area (Å²) < 4.78 is 0. The number of benzene rings is 1. The monoisotopic (exact) mass is 242 g/mol. The summed E-state index contributed by atoms with van der Waals surface area (Å²) in [6, 6.07) is 12.5. The number of hydrogen-bond acceptors (Lipinski definition) is 3. The van der Waals surface area contributed by atoms with Crippen LogP contribution in [0.5, 0.6) is 0 Å². The SMILES string of the molecule is Cc1ccccc1CNCc1cc(C#N)cs1. The molecule has 2 aromatic rings. The van der Waals surface area contributed by atoms with E-state index < -0.39 is 0 Å². The maximum Gasteiger partial charge on any atom is 0.100 e. The molecule has 1 N–H and O–H groups in total. The van der Waals surface area contributed by atoms with Gasteiger partial charge in [-0.15, -0.1) is 11.3 Å². The lowest BCUT2D eigenvalue weighted by Crippen LogP contribution is -2.12. The summed E-state index contributed by atoms with van der Waals surface area (Å²) in [4.78, 5) is 1.20. The van der Waals surface area contributed by atoms with Gasteiger partial charge in [-0.3, -0.25) is 0 Å². The molecule has 0 spiro atoms. The van der Waals surface area contributed by atoms with Crippen LogP contribution in [0.1, 0.15) is 21.6 Å². The number of aryl methyl sites for hydroxylation is 1. The second kappa shape index (κ2) is 5.62. The number of nitriles is 1. The number of hydrogen-bond donors (Lipinski definition) is 1. The summed E-state index contributed by atoms with van der Waals surface area (Å²) in [5, 5.41) is 14.0. The van der Waals surface area contributed by atoms with Crippen LogP contribution in [0, 0.1) is 18.3 Å². The van der Waals surface area contributed by atoms with E-state index in [4.69, 9.17) is 5.26 Å². The van der Waals surface area contributed by atoms with Gasteiger partial charge in [-0.2, -0.15) is 5.26 Å². The molecule has 0 unspecified atom stereocenters. The van der Waals surface area contributed by atoms with Gasteiger partial charge in [0.1, 0.15) is 6.07 Å². The Balaban J connectivity index is 1.88. The van der Waals surface area contributed by atoms with E-state index >= 15 is 0 Å². The lowest BCUT2D eigenvalue weighted by atomic mass is 10.1. The van der Waals surface area contributed by atoms with E-state index in [1.165, 1.54) is 16.0 Å². The maximum absolute atomic E-state index is 8.73. The van der Waals surface area contributed by atoms with Gasteiger partial charge in [-0.1, -0.05) is 24.3 Å². The van der Waals surface area contributed by atoms with Crippen molar-refractivity contribution in [2.75, 3.05) is 0 Å². The molecular weight excluding hydrogens is 228 g/mol. The van der Waals surface area contributed by atoms with E-state index in [0.29, 0.717) is 0 Å². The van der Waals surface area contributed by atoms with E-state index in [2.05, 4.69) is 42.6 Å². The summed E-state index contributed by atoms with van der Waals surface area (Å²) in [6.45, 7) is 3.81. The molecular formula is C14H14N2S. The fraction of sp³-hybridized carbons (Fsp3) is 0.214. The van der Waals surface area contributed by atoms with Gasteiger partial charge in [0.05, 0.1) is 5.56 Å². The Morgan fingerprint density at radius 2 is 2.12 bits per heavy atom. The number of nitrogens with zero attached hydrogens (tertiary/aromatic N) is 1. The Labute approximate surface area is 106 Å². The molecule has 0 fully saturated rings. The lowest BCUT2D eigenvalue weighted by molar-refractivity contribution is 0.698. The number of nitrogens with one attached hydrogen (secondary N) is 1. The topological polar surface area (TPSA) is 35.8 Å². The highest BCUT2D eigenvalue weighted by Crippen LogP contribution is 2.14. The average Bonchev–Trinajstić information content (AvgIpc) is 2.80. The molecule has 17 heavy (non-hydrogen) atoms. The van der Waals surface area contributed by atoms with Crippen molar-refractivity contribution in [1.82, 2.24) is 5.32 Å². The van der Waals surface area contributed by atoms with Gasteiger partial charge in [0, 0.05) is 23.3 Å². The summed E-state index contributed by atoms with van der Waals surface area (Å²) in [6.07, 6.45) is 0. The summed E-state index contributed by atoms with van der Waals surface area (Å²) in [7, 11) is 0. The molecule has 0 aliphatic rings. The van der Waals surface area contributed by atoms with Crippen molar-refractivity contribution in [2.24, 2.45) is 0 Å². The molecule has 2 nitrogen and oxygen atoms in total. The molecule has 0 bridgehead atoms. The Morgan fingerprint density at radius 1 is 1.29 bits per heavy atom. The third-order valence-electron chi connectivity index (χ3n) is 2.66. The van der Waals surface area contributed by atoms with Crippen molar-refractivity contribution in [2.45, 2.75) is 20.0 Å². The van der Waals surface area contributed by atoms with Crippen LogP contribution in [0.3, 0.4) is 0 Å². The fourth-order valence-electron chi connectivity index (χ4n) is 1.66. The van der Waals surface area contributed by atoms with Crippen molar-refractivity contribution < 1.29 is 0 Å². The summed E-state index contributed by atoms with van der Waals surface area (Å²) in [5.41, 5.74) is 3.39. The van der Waals surface area contributed by atoms with Gasteiger partial charge in [-0.25, -0.2) is 0 Å².